The van der Waals surface area contributed by atoms with Gasteiger partial charge in [-0.1, -0.05) is 0 Å². The normalized spacial score (nSPS) is 29.4. The van der Waals surface area contributed by atoms with Crippen LogP contribution in [0, 0.1) is 5.92 Å². The molecule has 0 aromatic carbocycles. The molecular formula is C12H20N2O4. The summed E-state index contributed by atoms with van der Waals surface area (Å²) in [6.45, 7) is 2.60. The molecular weight excluding hydrogens is 236 g/mol. The van der Waals surface area contributed by atoms with Crippen LogP contribution in [-0.4, -0.2) is 41.9 Å². The van der Waals surface area contributed by atoms with Gasteiger partial charge in [-0.25, -0.2) is 9.59 Å². The van der Waals surface area contributed by atoms with Gasteiger partial charge in [0, 0.05) is 12.6 Å². The van der Waals surface area contributed by atoms with Crippen molar-refractivity contribution in [2.24, 2.45) is 5.92 Å². The fraction of sp³-hybridized carbons (Fsp3) is 0.833. The molecule has 2 rings (SSSR count). The highest BCUT2D eigenvalue weighted by molar-refractivity contribution is 5.83. The second-order valence-corrected chi connectivity index (χ2v) is 5.17. The number of ether oxygens (including phenoxy) is 1. The van der Waals surface area contributed by atoms with Gasteiger partial charge in [0.1, 0.15) is 6.04 Å². The lowest BCUT2D eigenvalue weighted by atomic mass is 10.0. The first-order chi connectivity index (χ1) is 8.56. The van der Waals surface area contributed by atoms with Crippen LogP contribution in [0.5, 0.6) is 0 Å². The van der Waals surface area contributed by atoms with Gasteiger partial charge in [-0.15, -0.1) is 0 Å². The second-order valence-electron chi connectivity index (χ2n) is 5.17. The van der Waals surface area contributed by atoms with Gasteiger partial charge >= 0.3 is 12.0 Å². The Balaban J connectivity index is 1.78. The minimum absolute atomic E-state index is 0.0717. The number of nitrogens with one attached hydrogen (secondary N) is 2. The van der Waals surface area contributed by atoms with E-state index in [1.165, 1.54) is 0 Å². The van der Waals surface area contributed by atoms with E-state index in [-0.39, 0.29) is 24.1 Å². The van der Waals surface area contributed by atoms with Crippen molar-refractivity contribution in [2.75, 3.05) is 6.61 Å². The van der Waals surface area contributed by atoms with E-state index in [2.05, 4.69) is 10.6 Å². The topological polar surface area (TPSA) is 87.7 Å². The van der Waals surface area contributed by atoms with Crippen LogP contribution in [0.15, 0.2) is 0 Å². The van der Waals surface area contributed by atoms with Crippen molar-refractivity contribution in [1.82, 2.24) is 10.6 Å². The summed E-state index contributed by atoms with van der Waals surface area (Å²) in [5, 5.41) is 14.4. The summed E-state index contributed by atoms with van der Waals surface area (Å²) in [6, 6.07) is -1.06. The fourth-order valence-electron chi connectivity index (χ4n) is 2.31. The number of carbonyl (C=O) groups excluding carboxylic acids is 1. The van der Waals surface area contributed by atoms with Gasteiger partial charge in [-0.3, -0.25) is 0 Å². The predicted octanol–water partition coefficient (Wildman–Crippen LogP) is 0.716. The zero-order valence-electron chi connectivity index (χ0n) is 10.5. The van der Waals surface area contributed by atoms with Gasteiger partial charge in [0.2, 0.25) is 0 Å². The molecule has 1 saturated heterocycles. The molecule has 2 amide bonds. The summed E-state index contributed by atoms with van der Waals surface area (Å²) in [6.07, 6.45) is 3.45. The van der Waals surface area contributed by atoms with E-state index in [0.717, 1.165) is 25.7 Å². The number of rotatable bonds is 4. The van der Waals surface area contributed by atoms with Gasteiger partial charge < -0.3 is 20.5 Å². The molecule has 3 N–H and O–H groups in total. The molecule has 102 valence electrons. The van der Waals surface area contributed by atoms with Crippen molar-refractivity contribution in [2.45, 2.75) is 50.8 Å². The van der Waals surface area contributed by atoms with Crippen molar-refractivity contribution >= 4 is 12.0 Å². The van der Waals surface area contributed by atoms with E-state index in [4.69, 9.17) is 9.84 Å². The van der Waals surface area contributed by atoms with Crippen LogP contribution >= 0.6 is 0 Å². The van der Waals surface area contributed by atoms with Crippen LogP contribution in [0.2, 0.25) is 0 Å². The number of hydrogen-bond donors (Lipinski definition) is 3. The Labute approximate surface area is 106 Å². The number of urea groups is 1. The molecule has 0 aromatic rings. The Morgan fingerprint density at radius 3 is 2.61 bits per heavy atom. The van der Waals surface area contributed by atoms with Crippen molar-refractivity contribution in [1.29, 1.82) is 0 Å². The Morgan fingerprint density at radius 2 is 2.06 bits per heavy atom. The molecule has 3 unspecified atom stereocenters. The number of hydrogen-bond acceptors (Lipinski definition) is 3. The smallest absolute Gasteiger partial charge is 0.326 e. The Hall–Kier alpha value is -1.30. The molecule has 1 heterocycles. The molecule has 1 aliphatic heterocycles. The third-order valence-corrected chi connectivity index (χ3v) is 3.47. The monoisotopic (exact) mass is 256 g/mol. The number of carboxylic acids is 1. The molecule has 18 heavy (non-hydrogen) atoms. The first-order valence-corrected chi connectivity index (χ1v) is 6.47. The SMILES string of the molecule is CC1CC(NC(=O)NC(C(=O)O)C2CC2)CCO1. The highest BCUT2D eigenvalue weighted by Crippen LogP contribution is 2.32. The highest BCUT2D eigenvalue weighted by atomic mass is 16.5. The summed E-state index contributed by atoms with van der Waals surface area (Å²) in [4.78, 5) is 22.7. The first kappa shape index (κ1) is 13.1. The third kappa shape index (κ3) is 3.60. The largest absolute Gasteiger partial charge is 0.480 e. The molecule has 6 nitrogen and oxygen atoms in total. The van der Waals surface area contributed by atoms with Crippen LogP contribution in [0.25, 0.3) is 0 Å². The number of amides is 2. The van der Waals surface area contributed by atoms with Crippen molar-refractivity contribution in [3.63, 3.8) is 0 Å². The summed E-state index contributed by atoms with van der Waals surface area (Å²) in [7, 11) is 0. The van der Waals surface area contributed by atoms with E-state index in [0.29, 0.717) is 6.61 Å². The lowest BCUT2D eigenvalue weighted by Crippen LogP contribution is -2.51. The summed E-state index contributed by atoms with van der Waals surface area (Å²) < 4.78 is 5.39. The zero-order chi connectivity index (χ0) is 13.1. The predicted molar refractivity (Wildman–Crippen MR) is 64.3 cm³/mol. The van der Waals surface area contributed by atoms with Gasteiger partial charge in [-0.05, 0) is 38.5 Å². The molecule has 2 fully saturated rings. The third-order valence-electron chi connectivity index (χ3n) is 3.47. The maximum Gasteiger partial charge on any atom is 0.326 e. The van der Waals surface area contributed by atoms with E-state index < -0.39 is 12.0 Å². The van der Waals surface area contributed by atoms with Gasteiger partial charge in [0.15, 0.2) is 0 Å². The first-order valence-electron chi connectivity index (χ1n) is 6.47. The highest BCUT2D eigenvalue weighted by Gasteiger charge is 2.37. The zero-order valence-corrected chi connectivity index (χ0v) is 10.5. The van der Waals surface area contributed by atoms with E-state index in [1.54, 1.807) is 0 Å². The molecule has 1 aliphatic carbocycles. The molecule has 0 bridgehead atoms. The summed E-state index contributed by atoms with van der Waals surface area (Å²) in [5.41, 5.74) is 0. The molecule has 0 spiro atoms. The minimum atomic E-state index is -0.951. The summed E-state index contributed by atoms with van der Waals surface area (Å²) >= 11 is 0. The van der Waals surface area contributed by atoms with Crippen molar-refractivity contribution < 1.29 is 19.4 Å². The standard InChI is InChI=1S/C12H20N2O4/c1-7-6-9(4-5-18-7)13-12(17)14-10(11(15)16)8-2-3-8/h7-10H,2-6H2,1H3,(H,15,16)(H2,13,14,17). The molecule has 0 radical (unpaired) electrons. The fourth-order valence-corrected chi connectivity index (χ4v) is 2.31. The molecule has 2 aliphatic rings. The van der Waals surface area contributed by atoms with Crippen LogP contribution in [0.3, 0.4) is 0 Å². The average Bonchev–Trinajstić information content (AvgIpc) is 3.09. The lowest BCUT2D eigenvalue weighted by Gasteiger charge is -2.28. The van der Waals surface area contributed by atoms with E-state index >= 15 is 0 Å². The quantitative estimate of drug-likeness (QED) is 0.691. The van der Waals surface area contributed by atoms with Crippen molar-refractivity contribution in [3.05, 3.63) is 0 Å². The minimum Gasteiger partial charge on any atom is -0.480 e. The Morgan fingerprint density at radius 1 is 1.33 bits per heavy atom. The number of carboxylic acid groups (broad SMARTS) is 1. The van der Waals surface area contributed by atoms with Gasteiger partial charge in [-0.2, -0.15) is 0 Å². The second kappa shape index (κ2) is 5.56. The maximum atomic E-state index is 11.7. The van der Waals surface area contributed by atoms with E-state index in [9.17, 15) is 9.59 Å². The van der Waals surface area contributed by atoms with Gasteiger partial charge in [0.25, 0.3) is 0 Å². The van der Waals surface area contributed by atoms with Crippen LogP contribution in [0.4, 0.5) is 4.79 Å². The molecule has 3 atom stereocenters. The van der Waals surface area contributed by atoms with Gasteiger partial charge in [0.05, 0.1) is 6.10 Å². The average molecular weight is 256 g/mol. The molecule has 0 aromatic heterocycles. The number of aliphatic carboxylic acids is 1. The maximum absolute atomic E-state index is 11.7. The van der Waals surface area contributed by atoms with Crippen LogP contribution in [0.1, 0.15) is 32.6 Å². The van der Waals surface area contributed by atoms with Crippen molar-refractivity contribution in [3.8, 4) is 0 Å². The molecule has 1 saturated carbocycles. The summed E-state index contributed by atoms with van der Waals surface area (Å²) in [5.74, 6) is -0.852. The van der Waals surface area contributed by atoms with Crippen LogP contribution < -0.4 is 10.6 Å². The Kier molecular flexibility index (Phi) is 4.06. The molecule has 6 heteroatoms. The van der Waals surface area contributed by atoms with E-state index in [1.807, 2.05) is 6.92 Å². The Bertz CT molecular complexity index is 330. The van der Waals surface area contributed by atoms with Crippen LogP contribution in [-0.2, 0) is 9.53 Å². The lowest BCUT2D eigenvalue weighted by molar-refractivity contribution is -0.139. The number of carbonyl (C=O) groups is 2.